The van der Waals surface area contributed by atoms with Crippen LogP contribution >= 0.6 is 0 Å². The number of imidazole rings is 1. The molecule has 0 aliphatic heterocycles. The molecule has 2 aromatic rings. The van der Waals surface area contributed by atoms with Crippen molar-refractivity contribution >= 4 is 0 Å². The number of hydrogen-bond donors (Lipinski definition) is 1. The molecule has 1 atom stereocenters. The molecular formula is C14H18FN3. The fourth-order valence-electron chi connectivity index (χ4n) is 1.91. The number of rotatable bonds is 5. The van der Waals surface area contributed by atoms with E-state index in [1.165, 1.54) is 12.1 Å². The average molecular weight is 247 g/mol. The molecule has 0 bridgehead atoms. The summed E-state index contributed by atoms with van der Waals surface area (Å²) in [5.41, 5.74) is 2.24. The second-order valence-corrected chi connectivity index (χ2v) is 4.33. The van der Waals surface area contributed by atoms with Gasteiger partial charge in [-0.3, -0.25) is 0 Å². The van der Waals surface area contributed by atoms with E-state index < -0.39 is 0 Å². The Morgan fingerprint density at radius 2 is 2.06 bits per heavy atom. The normalized spacial score (nSPS) is 12.6. The number of benzene rings is 1. The minimum atomic E-state index is -0.199. The molecule has 1 N–H and O–H groups in total. The highest BCUT2D eigenvalue weighted by Gasteiger charge is 2.06. The molecule has 0 saturated heterocycles. The average Bonchev–Trinajstić information content (AvgIpc) is 2.84. The molecule has 0 aliphatic carbocycles. The molecule has 0 radical (unpaired) electrons. The van der Waals surface area contributed by atoms with Gasteiger partial charge in [-0.2, -0.15) is 0 Å². The fourth-order valence-corrected chi connectivity index (χ4v) is 1.91. The first-order valence-corrected chi connectivity index (χ1v) is 6.18. The standard InChI is InChI=1S/C14H18FN3/c1-3-18-10-16-8-14(18)9-17-11(2)12-4-6-13(15)7-5-12/h4-8,10-11,17H,3,9H2,1-2H3/t11-/m1/s1. The van der Waals surface area contributed by atoms with Crippen molar-refractivity contribution < 1.29 is 4.39 Å². The first kappa shape index (κ1) is 12.8. The third-order valence-corrected chi connectivity index (χ3v) is 3.10. The highest BCUT2D eigenvalue weighted by molar-refractivity contribution is 5.19. The van der Waals surface area contributed by atoms with E-state index >= 15 is 0 Å². The van der Waals surface area contributed by atoms with Crippen LogP contribution < -0.4 is 5.32 Å². The molecule has 4 heteroatoms. The lowest BCUT2D eigenvalue weighted by atomic mass is 10.1. The van der Waals surface area contributed by atoms with E-state index in [4.69, 9.17) is 0 Å². The number of halogens is 1. The van der Waals surface area contributed by atoms with Crippen LogP contribution in [0.4, 0.5) is 4.39 Å². The van der Waals surface area contributed by atoms with Gasteiger partial charge in [0.1, 0.15) is 5.82 Å². The van der Waals surface area contributed by atoms with Gasteiger partial charge in [-0.25, -0.2) is 9.37 Å². The first-order valence-electron chi connectivity index (χ1n) is 6.18. The maximum absolute atomic E-state index is 12.8. The number of aryl methyl sites for hydroxylation is 1. The summed E-state index contributed by atoms with van der Waals surface area (Å²) in [7, 11) is 0. The topological polar surface area (TPSA) is 29.9 Å². The number of nitrogens with zero attached hydrogens (tertiary/aromatic N) is 2. The van der Waals surface area contributed by atoms with Crippen LogP contribution in [0, 0.1) is 5.82 Å². The van der Waals surface area contributed by atoms with E-state index in [-0.39, 0.29) is 11.9 Å². The summed E-state index contributed by atoms with van der Waals surface area (Å²) < 4.78 is 14.9. The van der Waals surface area contributed by atoms with Gasteiger partial charge in [0.25, 0.3) is 0 Å². The molecule has 2 rings (SSSR count). The molecule has 0 saturated carbocycles. The van der Waals surface area contributed by atoms with Crippen LogP contribution in [0.25, 0.3) is 0 Å². The molecule has 1 aromatic heterocycles. The molecule has 1 heterocycles. The molecule has 0 unspecified atom stereocenters. The van der Waals surface area contributed by atoms with Crippen LogP contribution in [0.15, 0.2) is 36.8 Å². The molecule has 1 aromatic carbocycles. The second kappa shape index (κ2) is 5.78. The molecule has 18 heavy (non-hydrogen) atoms. The predicted molar refractivity (Wildman–Crippen MR) is 69.6 cm³/mol. The van der Waals surface area contributed by atoms with Gasteiger partial charge in [-0.1, -0.05) is 12.1 Å². The zero-order valence-electron chi connectivity index (χ0n) is 10.7. The van der Waals surface area contributed by atoms with Gasteiger partial charge in [0.05, 0.1) is 12.0 Å². The monoisotopic (exact) mass is 247 g/mol. The molecule has 0 spiro atoms. The van der Waals surface area contributed by atoms with Crippen molar-refractivity contribution in [1.82, 2.24) is 14.9 Å². The highest BCUT2D eigenvalue weighted by atomic mass is 19.1. The van der Waals surface area contributed by atoms with E-state index in [1.54, 1.807) is 0 Å². The smallest absolute Gasteiger partial charge is 0.123 e. The molecule has 0 amide bonds. The number of nitrogens with one attached hydrogen (secondary N) is 1. The zero-order chi connectivity index (χ0) is 13.0. The zero-order valence-corrected chi connectivity index (χ0v) is 10.7. The van der Waals surface area contributed by atoms with Gasteiger partial charge < -0.3 is 9.88 Å². The van der Waals surface area contributed by atoms with Crippen molar-refractivity contribution in [3.63, 3.8) is 0 Å². The Hall–Kier alpha value is -1.68. The van der Waals surface area contributed by atoms with Crippen LogP contribution in [0.5, 0.6) is 0 Å². The largest absolute Gasteiger partial charge is 0.334 e. The molecule has 0 fully saturated rings. The summed E-state index contributed by atoms with van der Waals surface area (Å²) in [6.07, 6.45) is 3.70. The van der Waals surface area contributed by atoms with Crippen molar-refractivity contribution in [2.24, 2.45) is 0 Å². The Morgan fingerprint density at radius 1 is 1.33 bits per heavy atom. The van der Waals surface area contributed by atoms with Gasteiger partial charge >= 0.3 is 0 Å². The van der Waals surface area contributed by atoms with Crippen molar-refractivity contribution in [1.29, 1.82) is 0 Å². The van der Waals surface area contributed by atoms with Crippen LogP contribution in [0.3, 0.4) is 0 Å². The Balaban J connectivity index is 1.96. The van der Waals surface area contributed by atoms with E-state index in [9.17, 15) is 4.39 Å². The van der Waals surface area contributed by atoms with E-state index in [2.05, 4.69) is 28.7 Å². The SMILES string of the molecule is CCn1cncc1CN[C@H](C)c1ccc(F)cc1. The van der Waals surface area contributed by atoms with E-state index in [0.717, 1.165) is 24.3 Å². The number of hydrogen-bond acceptors (Lipinski definition) is 2. The minimum absolute atomic E-state index is 0.186. The van der Waals surface area contributed by atoms with Crippen molar-refractivity contribution in [3.05, 3.63) is 53.9 Å². The van der Waals surface area contributed by atoms with Gasteiger partial charge in [-0.05, 0) is 31.5 Å². The van der Waals surface area contributed by atoms with Crippen LogP contribution in [-0.2, 0) is 13.1 Å². The third-order valence-electron chi connectivity index (χ3n) is 3.10. The Morgan fingerprint density at radius 3 is 2.72 bits per heavy atom. The Bertz CT molecular complexity index is 490. The summed E-state index contributed by atoms with van der Waals surface area (Å²) in [4.78, 5) is 4.13. The lowest BCUT2D eigenvalue weighted by molar-refractivity contribution is 0.547. The van der Waals surface area contributed by atoms with Gasteiger partial charge in [-0.15, -0.1) is 0 Å². The van der Waals surface area contributed by atoms with Crippen molar-refractivity contribution in [2.45, 2.75) is 33.0 Å². The summed E-state index contributed by atoms with van der Waals surface area (Å²) in [5.74, 6) is -0.199. The van der Waals surface area contributed by atoms with Gasteiger partial charge in [0.2, 0.25) is 0 Å². The Kier molecular flexibility index (Phi) is 4.10. The van der Waals surface area contributed by atoms with Crippen LogP contribution in [0.1, 0.15) is 31.1 Å². The summed E-state index contributed by atoms with van der Waals surface area (Å²) >= 11 is 0. The summed E-state index contributed by atoms with van der Waals surface area (Å²) in [6, 6.07) is 6.78. The lowest BCUT2D eigenvalue weighted by Gasteiger charge is -2.14. The van der Waals surface area contributed by atoms with Crippen LogP contribution in [-0.4, -0.2) is 9.55 Å². The fraction of sp³-hybridized carbons (Fsp3) is 0.357. The highest BCUT2D eigenvalue weighted by Crippen LogP contribution is 2.13. The quantitative estimate of drug-likeness (QED) is 0.880. The maximum atomic E-state index is 12.8. The van der Waals surface area contributed by atoms with Gasteiger partial charge in [0.15, 0.2) is 0 Å². The molecule has 96 valence electrons. The van der Waals surface area contributed by atoms with Gasteiger partial charge in [0, 0.05) is 25.3 Å². The third kappa shape index (κ3) is 2.96. The van der Waals surface area contributed by atoms with Crippen molar-refractivity contribution in [2.75, 3.05) is 0 Å². The second-order valence-electron chi connectivity index (χ2n) is 4.33. The van der Waals surface area contributed by atoms with E-state index in [0.29, 0.717) is 0 Å². The summed E-state index contributed by atoms with van der Waals surface area (Å²) in [5, 5.41) is 3.41. The van der Waals surface area contributed by atoms with Crippen molar-refractivity contribution in [3.8, 4) is 0 Å². The molecule has 0 aliphatic rings. The van der Waals surface area contributed by atoms with E-state index in [1.807, 2.05) is 24.7 Å². The maximum Gasteiger partial charge on any atom is 0.123 e. The predicted octanol–water partition coefficient (Wildman–Crippen LogP) is 2.89. The first-order chi connectivity index (χ1) is 8.70. The Labute approximate surface area is 107 Å². The number of aromatic nitrogens is 2. The minimum Gasteiger partial charge on any atom is -0.334 e. The molecular weight excluding hydrogens is 229 g/mol. The molecule has 3 nitrogen and oxygen atoms in total. The summed E-state index contributed by atoms with van der Waals surface area (Å²) in [6.45, 7) is 5.84. The lowest BCUT2D eigenvalue weighted by Crippen LogP contribution is -2.19. The van der Waals surface area contributed by atoms with Crippen LogP contribution in [0.2, 0.25) is 0 Å².